The van der Waals surface area contributed by atoms with Crippen LogP contribution in [-0.4, -0.2) is 62.0 Å². The molecule has 2 aromatic rings. The summed E-state index contributed by atoms with van der Waals surface area (Å²) in [6.45, 7) is 4.10. The Hall–Kier alpha value is -2.74. The number of hydrogen-bond acceptors (Lipinski definition) is 5. The quantitative estimate of drug-likeness (QED) is 0.504. The summed E-state index contributed by atoms with van der Waals surface area (Å²) in [7, 11) is 9.33. The molecule has 0 radical (unpaired) electrons. The van der Waals surface area contributed by atoms with Crippen molar-refractivity contribution < 1.29 is 9.47 Å². The number of aromatic nitrogens is 2. The molecule has 8 nitrogen and oxygen atoms in total. The predicted molar refractivity (Wildman–Crippen MR) is 112 cm³/mol. The van der Waals surface area contributed by atoms with Gasteiger partial charge in [0.1, 0.15) is 0 Å². The van der Waals surface area contributed by atoms with Crippen molar-refractivity contribution in [2.45, 2.75) is 19.5 Å². The maximum Gasteiger partial charge on any atom is 0.191 e. The van der Waals surface area contributed by atoms with E-state index in [1.54, 1.807) is 20.4 Å². The number of hydrogen-bond donors (Lipinski definition) is 2. The van der Waals surface area contributed by atoms with Crippen LogP contribution in [0.5, 0.6) is 11.5 Å². The number of aliphatic imine (C=N–C) groups is 1. The van der Waals surface area contributed by atoms with Crippen molar-refractivity contribution in [2.75, 3.05) is 41.4 Å². The van der Waals surface area contributed by atoms with E-state index in [0.29, 0.717) is 13.1 Å². The second-order valence-corrected chi connectivity index (χ2v) is 6.62. The third-order valence-corrected chi connectivity index (χ3v) is 4.54. The maximum absolute atomic E-state index is 5.45. The fourth-order valence-corrected chi connectivity index (χ4v) is 2.91. The number of aryl methyl sites for hydroxylation is 1. The zero-order valence-electron chi connectivity index (χ0n) is 17.7. The van der Waals surface area contributed by atoms with Crippen LogP contribution in [-0.2, 0) is 13.6 Å². The van der Waals surface area contributed by atoms with Gasteiger partial charge < -0.3 is 25.0 Å². The number of nitrogens with one attached hydrogen (secondary N) is 2. The molecule has 154 valence electrons. The highest BCUT2D eigenvalue weighted by atomic mass is 16.5. The lowest BCUT2D eigenvalue weighted by Gasteiger charge is -2.26. The number of rotatable bonds is 9. The third-order valence-electron chi connectivity index (χ3n) is 4.54. The smallest absolute Gasteiger partial charge is 0.191 e. The lowest BCUT2D eigenvalue weighted by Crippen LogP contribution is -2.41. The van der Waals surface area contributed by atoms with Gasteiger partial charge in [-0.1, -0.05) is 6.07 Å². The molecule has 0 amide bonds. The first-order valence-electron chi connectivity index (χ1n) is 9.37. The van der Waals surface area contributed by atoms with E-state index in [-0.39, 0.29) is 6.04 Å². The Labute approximate surface area is 167 Å². The molecule has 0 saturated heterocycles. The molecule has 0 spiro atoms. The van der Waals surface area contributed by atoms with Crippen molar-refractivity contribution in [3.63, 3.8) is 0 Å². The van der Waals surface area contributed by atoms with E-state index in [1.807, 2.05) is 29.9 Å². The monoisotopic (exact) mass is 388 g/mol. The van der Waals surface area contributed by atoms with Gasteiger partial charge in [-0.25, -0.2) is 4.99 Å². The Morgan fingerprint density at radius 1 is 1.18 bits per heavy atom. The van der Waals surface area contributed by atoms with E-state index in [1.165, 1.54) is 0 Å². The summed E-state index contributed by atoms with van der Waals surface area (Å²) in [4.78, 5) is 6.84. The molecule has 1 unspecified atom stereocenters. The minimum Gasteiger partial charge on any atom is -0.493 e. The highest BCUT2D eigenvalue weighted by Crippen LogP contribution is 2.31. The van der Waals surface area contributed by atoms with Crippen molar-refractivity contribution in [3.05, 3.63) is 41.7 Å². The first-order chi connectivity index (χ1) is 13.5. The average Bonchev–Trinajstić information content (AvgIpc) is 3.10. The predicted octanol–water partition coefficient (Wildman–Crippen LogP) is 1.80. The zero-order valence-corrected chi connectivity index (χ0v) is 17.7. The molecule has 0 fully saturated rings. The molecule has 1 atom stereocenters. The maximum atomic E-state index is 5.45. The largest absolute Gasteiger partial charge is 0.493 e. The molecule has 0 aliphatic heterocycles. The lowest BCUT2D eigenvalue weighted by molar-refractivity contribution is 0.295. The highest BCUT2D eigenvalue weighted by molar-refractivity contribution is 5.79. The molecule has 8 heteroatoms. The highest BCUT2D eigenvalue weighted by Gasteiger charge is 2.17. The minimum absolute atomic E-state index is 0.139. The van der Waals surface area contributed by atoms with Crippen molar-refractivity contribution in [2.24, 2.45) is 12.0 Å². The molecule has 2 N–H and O–H groups in total. The molecule has 1 heterocycles. The van der Waals surface area contributed by atoms with Gasteiger partial charge in [-0.05, 0) is 44.8 Å². The van der Waals surface area contributed by atoms with Gasteiger partial charge in [-0.15, -0.1) is 0 Å². The van der Waals surface area contributed by atoms with Crippen LogP contribution in [0, 0.1) is 0 Å². The Balaban J connectivity index is 2.12. The molecular weight excluding hydrogens is 356 g/mol. The number of ether oxygens (including phenoxy) is 2. The number of guanidine groups is 1. The zero-order chi connectivity index (χ0) is 20.5. The molecule has 0 saturated carbocycles. The first-order valence-corrected chi connectivity index (χ1v) is 9.37. The van der Waals surface area contributed by atoms with E-state index in [9.17, 15) is 0 Å². The first kappa shape index (κ1) is 21.6. The Morgan fingerprint density at radius 2 is 1.93 bits per heavy atom. The van der Waals surface area contributed by atoms with Gasteiger partial charge in [0.15, 0.2) is 17.5 Å². The van der Waals surface area contributed by atoms with Crippen molar-refractivity contribution >= 4 is 5.96 Å². The van der Waals surface area contributed by atoms with Crippen LogP contribution in [0.2, 0.25) is 0 Å². The van der Waals surface area contributed by atoms with Gasteiger partial charge in [0.25, 0.3) is 0 Å². The summed E-state index contributed by atoms with van der Waals surface area (Å²) in [5.41, 5.74) is 2.19. The third kappa shape index (κ3) is 5.63. The van der Waals surface area contributed by atoms with Crippen molar-refractivity contribution in [1.82, 2.24) is 25.3 Å². The number of likely N-dealkylation sites (N-methyl/N-ethyl adjacent to an activating group) is 1. The molecule has 0 aliphatic rings. The van der Waals surface area contributed by atoms with Crippen LogP contribution >= 0.6 is 0 Å². The van der Waals surface area contributed by atoms with Gasteiger partial charge in [0.2, 0.25) is 0 Å². The number of nitrogens with zero attached hydrogens (tertiary/aromatic N) is 4. The van der Waals surface area contributed by atoms with Crippen LogP contribution in [0.1, 0.15) is 24.2 Å². The van der Waals surface area contributed by atoms with E-state index in [4.69, 9.17) is 9.47 Å². The SMILES string of the molecule is CCNC(=NCc1ccnn1C)NCC(c1ccc(OC)c(OC)c1)N(C)C. The Morgan fingerprint density at radius 3 is 2.50 bits per heavy atom. The summed E-state index contributed by atoms with van der Waals surface area (Å²) in [6, 6.07) is 8.13. The standard InChI is InChI=1S/C20H32N6O2/c1-7-21-20(22-13-16-10-11-24-26(16)4)23-14-17(25(2)3)15-8-9-18(27-5)19(12-15)28-6/h8-12,17H,7,13-14H2,1-6H3,(H2,21,22,23). The van der Waals surface area contributed by atoms with Gasteiger partial charge in [0.05, 0.1) is 32.5 Å². The van der Waals surface area contributed by atoms with Crippen LogP contribution in [0.3, 0.4) is 0 Å². The Bertz CT molecular complexity index is 772. The van der Waals surface area contributed by atoms with Crippen LogP contribution < -0.4 is 20.1 Å². The van der Waals surface area contributed by atoms with Crippen LogP contribution in [0.4, 0.5) is 0 Å². The fraction of sp³-hybridized carbons (Fsp3) is 0.500. The normalized spacial score (nSPS) is 12.8. The molecular formula is C20H32N6O2. The van der Waals surface area contributed by atoms with E-state index < -0.39 is 0 Å². The molecule has 0 aliphatic carbocycles. The number of methoxy groups -OCH3 is 2. The van der Waals surface area contributed by atoms with Gasteiger partial charge in [-0.2, -0.15) is 5.10 Å². The van der Waals surface area contributed by atoms with Crippen LogP contribution in [0.15, 0.2) is 35.5 Å². The average molecular weight is 389 g/mol. The topological polar surface area (TPSA) is 75.9 Å². The summed E-state index contributed by atoms with van der Waals surface area (Å²) in [5, 5.41) is 10.9. The molecule has 1 aromatic carbocycles. The van der Waals surface area contributed by atoms with Gasteiger partial charge >= 0.3 is 0 Å². The molecule has 2 rings (SSSR count). The van der Waals surface area contributed by atoms with E-state index >= 15 is 0 Å². The summed E-state index contributed by atoms with van der Waals surface area (Å²) >= 11 is 0. The van der Waals surface area contributed by atoms with Gasteiger partial charge in [-0.3, -0.25) is 4.68 Å². The summed E-state index contributed by atoms with van der Waals surface area (Å²) in [6.07, 6.45) is 1.78. The molecule has 1 aromatic heterocycles. The second-order valence-electron chi connectivity index (χ2n) is 6.62. The molecule has 0 bridgehead atoms. The van der Waals surface area contributed by atoms with E-state index in [0.717, 1.165) is 35.3 Å². The lowest BCUT2D eigenvalue weighted by atomic mass is 10.1. The van der Waals surface area contributed by atoms with Crippen molar-refractivity contribution in [3.8, 4) is 11.5 Å². The minimum atomic E-state index is 0.139. The number of benzene rings is 1. The van der Waals surface area contributed by atoms with E-state index in [2.05, 4.69) is 52.7 Å². The van der Waals surface area contributed by atoms with Gasteiger partial charge in [0, 0.05) is 26.3 Å². The summed E-state index contributed by atoms with van der Waals surface area (Å²) in [5.74, 6) is 2.22. The van der Waals surface area contributed by atoms with Crippen LogP contribution in [0.25, 0.3) is 0 Å². The molecule has 28 heavy (non-hydrogen) atoms. The van der Waals surface area contributed by atoms with Crippen molar-refractivity contribution in [1.29, 1.82) is 0 Å². The second kappa shape index (κ2) is 10.6. The summed E-state index contributed by atoms with van der Waals surface area (Å²) < 4.78 is 12.6. The fourth-order valence-electron chi connectivity index (χ4n) is 2.91. The Kier molecular flexibility index (Phi) is 8.13.